The van der Waals surface area contributed by atoms with E-state index in [0.29, 0.717) is 5.75 Å². The molecule has 0 unspecified atom stereocenters. The highest BCUT2D eigenvalue weighted by atomic mass is 32.2. The Morgan fingerprint density at radius 1 is 0.860 bits per heavy atom. The van der Waals surface area contributed by atoms with E-state index in [1.165, 1.54) is 36.5 Å². The van der Waals surface area contributed by atoms with Gasteiger partial charge in [0.15, 0.2) is 29.7 Å². The first-order valence-electron chi connectivity index (χ1n) is 15.7. The number of anilines is 1. The molecule has 2 N–H and O–H groups in total. The number of carbonyl (C=O) groups excluding carboxylic acids is 1. The Morgan fingerprint density at radius 3 is 2.16 bits per heavy atom. The lowest BCUT2D eigenvalue weighted by Gasteiger charge is -2.23. The van der Waals surface area contributed by atoms with Crippen LogP contribution in [0.25, 0.3) is 11.6 Å². The van der Waals surface area contributed by atoms with Gasteiger partial charge in [-0.2, -0.15) is 4.98 Å². The van der Waals surface area contributed by atoms with E-state index >= 15 is 0 Å². The highest BCUT2D eigenvalue weighted by molar-refractivity contribution is 7.92. The van der Waals surface area contributed by atoms with Crippen LogP contribution < -0.4 is 18.9 Å². The van der Waals surface area contributed by atoms with Gasteiger partial charge in [0.1, 0.15) is 0 Å². The third kappa shape index (κ3) is 8.89. The van der Waals surface area contributed by atoms with Crippen molar-refractivity contribution in [1.82, 2.24) is 24.8 Å². The lowest BCUT2D eigenvalue weighted by atomic mass is 9.87. The minimum Gasteiger partial charge on any atom is -0.493 e. The maximum Gasteiger partial charge on any atom is 0.264 e. The minimum absolute atomic E-state index is 0.0249. The normalized spacial score (nSPS) is 11.5. The zero-order valence-electron chi connectivity index (χ0n) is 28.1. The van der Waals surface area contributed by atoms with E-state index < -0.39 is 22.5 Å². The number of sulfonamides is 1. The van der Waals surface area contributed by atoms with Gasteiger partial charge in [0.2, 0.25) is 11.6 Å². The number of rotatable bonds is 14. The van der Waals surface area contributed by atoms with Gasteiger partial charge in [-0.15, -0.1) is 0 Å². The number of benzene rings is 3. The van der Waals surface area contributed by atoms with Gasteiger partial charge in [-0.1, -0.05) is 75.4 Å². The molecule has 0 atom stereocenters. The number of ether oxygens (including phenoxy) is 3. The molecule has 0 fully saturated rings. The molecule has 14 heteroatoms. The Balaban J connectivity index is 1.58. The summed E-state index contributed by atoms with van der Waals surface area (Å²) in [6.45, 7) is 5.55. The van der Waals surface area contributed by atoms with Crippen LogP contribution in [0.3, 0.4) is 0 Å². The molecular formula is C36H38N6O7S. The zero-order valence-corrected chi connectivity index (χ0v) is 28.9. The third-order valence-corrected chi connectivity index (χ3v) is 8.77. The van der Waals surface area contributed by atoms with E-state index in [4.69, 9.17) is 14.2 Å². The van der Waals surface area contributed by atoms with Crippen molar-refractivity contribution in [3.63, 3.8) is 0 Å². The van der Waals surface area contributed by atoms with Gasteiger partial charge < -0.3 is 24.2 Å². The predicted molar refractivity (Wildman–Crippen MR) is 187 cm³/mol. The molecule has 0 aliphatic carbocycles. The molecule has 0 spiro atoms. The van der Waals surface area contributed by atoms with Crippen molar-refractivity contribution < 1.29 is 32.5 Å². The highest BCUT2D eigenvalue weighted by Crippen LogP contribution is 2.41. The van der Waals surface area contributed by atoms with Crippen LogP contribution in [0.4, 0.5) is 5.82 Å². The number of nitrogens with one attached hydrogen (secondary N) is 1. The number of carbonyl (C=O) groups is 1. The molecule has 2 heterocycles. The zero-order chi connectivity index (χ0) is 35.7. The van der Waals surface area contributed by atoms with Crippen molar-refractivity contribution in [2.45, 2.75) is 37.6 Å². The number of amides is 1. The van der Waals surface area contributed by atoms with Crippen LogP contribution in [-0.4, -0.2) is 71.1 Å². The smallest absolute Gasteiger partial charge is 0.264 e. The van der Waals surface area contributed by atoms with Crippen molar-refractivity contribution in [3.05, 3.63) is 108 Å². The van der Waals surface area contributed by atoms with Crippen molar-refractivity contribution in [1.29, 1.82) is 0 Å². The van der Waals surface area contributed by atoms with Crippen LogP contribution in [-0.2, 0) is 26.8 Å². The minimum atomic E-state index is -4.26. The van der Waals surface area contributed by atoms with Crippen LogP contribution in [0.1, 0.15) is 31.9 Å². The summed E-state index contributed by atoms with van der Waals surface area (Å²) in [5.41, 5.74) is 1.61. The quantitative estimate of drug-likeness (QED) is 0.156. The van der Waals surface area contributed by atoms with Crippen LogP contribution in [0.5, 0.6) is 23.1 Å². The molecular weight excluding hydrogens is 660 g/mol. The molecule has 5 aromatic rings. The maximum atomic E-state index is 13.8. The number of hydrogen-bond acceptors (Lipinski definition) is 11. The topological polar surface area (TPSA) is 166 Å². The van der Waals surface area contributed by atoms with Gasteiger partial charge in [-0.3, -0.25) is 9.52 Å². The van der Waals surface area contributed by atoms with Crippen molar-refractivity contribution in [3.8, 4) is 34.8 Å². The fourth-order valence-corrected chi connectivity index (χ4v) is 5.78. The summed E-state index contributed by atoms with van der Waals surface area (Å²) < 4.78 is 47.9. The lowest BCUT2D eigenvalue weighted by Crippen LogP contribution is -2.36. The Bertz CT molecular complexity index is 2010. The van der Waals surface area contributed by atoms with Crippen LogP contribution in [0.15, 0.2) is 102 Å². The molecule has 0 saturated carbocycles. The number of aliphatic hydroxyl groups is 1. The van der Waals surface area contributed by atoms with E-state index in [0.717, 1.165) is 11.1 Å². The summed E-state index contributed by atoms with van der Waals surface area (Å²) in [5.74, 6) is -0.797. The Labute approximate surface area is 291 Å². The van der Waals surface area contributed by atoms with E-state index in [1.807, 2.05) is 51.1 Å². The summed E-state index contributed by atoms with van der Waals surface area (Å²) in [5, 5.41) is 9.70. The molecule has 0 saturated heterocycles. The summed E-state index contributed by atoms with van der Waals surface area (Å²) in [7, 11) is -2.80. The molecule has 0 bridgehead atoms. The second-order valence-electron chi connectivity index (χ2n) is 12.0. The number of methoxy groups -OCH3 is 1. The average Bonchev–Trinajstić information content (AvgIpc) is 3.12. The summed E-state index contributed by atoms with van der Waals surface area (Å²) in [6.07, 6.45) is 2.96. The first-order chi connectivity index (χ1) is 24.0. The van der Waals surface area contributed by atoms with E-state index in [2.05, 4.69) is 24.7 Å². The van der Waals surface area contributed by atoms with Gasteiger partial charge in [-0.25, -0.2) is 23.4 Å². The highest BCUT2D eigenvalue weighted by Gasteiger charge is 2.27. The van der Waals surface area contributed by atoms with Crippen LogP contribution >= 0.6 is 0 Å². The second-order valence-corrected chi connectivity index (χ2v) is 13.7. The van der Waals surface area contributed by atoms with Gasteiger partial charge in [0.05, 0.1) is 18.6 Å². The Kier molecular flexibility index (Phi) is 11.2. The molecule has 13 nitrogen and oxygen atoms in total. The summed E-state index contributed by atoms with van der Waals surface area (Å²) >= 11 is 0. The van der Waals surface area contributed by atoms with Gasteiger partial charge in [0, 0.05) is 25.5 Å². The predicted octanol–water partition coefficient (Wildman–Crippen LogP) is 5.23. The average molecular weight is 699 g/mol. The van der Waals surface area contributed by atoms with E-state index in [-0.39, 0.29) is 64.9 Å². The summed E-state index contributed by atoms with van der Waals surface area (Å²) in [4.78, 5) is 32.3. The molecule has 260 valence electrons. The number of nitrogens with zero attached hydrogens (tertiary/aromatic N) is 5. The third-order valence-electron chi connectivity index (χ3n) is 7.41. The standard InChI is InChI=1S/C36H38N6O7S/c1-36(2,3)26-15-17-27(18-16-26)50(45,46)41-32-31(49-29-14-9-8-13-28(29)47-4)35(40-34(39-32)33-37-19-10-20-38-33)48-24-30(44)42(21-22-43)23-25-11-6-5-7-12-25/h5-20,43H,21-24H2,1-4H3,(H,39,40,41). The SMILES string of the molecule is COc1ccccc1Oc1c(NS(=O)(=O)c2ccc(C(C)(C)C)cc2)nc(-c2ncccn2)nc1OCC(=O)N(CCO)Cc1ccccc1. The van der Waals surface area contributed by atoms with Crippen LogP contribution in [0, 0.1) is 0 Å². The number of aromatic nitrogens is 4. The largest absolute Gasteiger partial charge is 0.493 e. The first-order valence-corrected chi connectivity index (χ1v) is 17.2. The number of aliphatic hydroxyl groups excluding tert-OH is 1. The van der Waals surface area contributed by atoms with E-state index in [9.17, 15) is 18.3 Å². The van der Waals surface area contributed by atoms with Crippen molar-refractivity contribution >= 4 is 21.7 Å². The van der Waals surface area contributed by atoms with E-state index in [1.54, 1.807) is 42.5 Å². The number of para-hydroxylation sites is 2. The van der Waals surface area contributed by atoms with Gasteiger partial charge in [0.25, 0.3) is 21.8 Å². The van der Waals surface area contributed by atoms with Gasteiger partial charge >= 0.3 is 0 Å². The lowest BCUT2D eigenvalue weighted by molar-refractivity contribution is -0.134. The Hall–Kier alpha value is -5.60. The monoisotopic (exact) mass is 698 g/mol. The molecule has 1 amide bonds. The molecule has 0 radical (unpaired) electrons. The molecule has 0 aliphatic rings. The fraction of sp³-hybridized carbons (Fsp3) is 0.250. The first kappa shape index (κ1) is 35.7. The Morgan fingerprint density at radius 2 is 1.52 bits per heavy atom. The van der Waals surface area contributed by atoms with Crippen molar-refractivity contribution in [2.24, 2.45) is 0 Å². The molecule has 3 aromatic carbocycles. The molecule has 0 aliphatic heterocycles. The summed E-state index contributed by atoms with van der Waals surface area (Å²) in [6, 6.07) is 24.1. The molecule has 5 rings (SSSR count). The fourth-order valence-electron chi connectivity index (χ4n) is 4.77. The number of hydrogen-bond donors (Lipinski definition) is 2. The maximum absolute atomic E-state index is 13.8. The van der Waals surface area contributed by atoms with Crippen molar-refractivity contribution in [2.75, 3.05) is 31.6 Å². The van der Waals surface area contributed by atoms with Gasteiger partial charge in [-0.05, 0) is 46.9 Å². The second kappa shape index (κ2) is 15.7. The molecule has 50 heavy (non-hydrogen) atoms. The molecule has 2 aromatic heterocycles. The van der Waals surface area contributed by atoms with Crippen LogP contribution in [0.2, 0.25) is 0 Å².